The van der Waals surface area contributed by atoms with Gasteiger partial charge in [0.2, 0.25) is 0 Å². The summed E-state index contributed by atoms with van der Waals surface area (Å²) < 4.78 is 40.1. The van der Waals surface area contributed by atoms with Crippen LogP contribution in [-0.2, 0) is 16.8 Å². The Morgan fingerprint density at radius 1 is 1.00 bits per heavy atom. The van der Waals surface area contributed by atoms with Gasteiger partial charge in [-0.25, -0.2) is 8.42 Å². The van der Waals surface area contributed by atoms with Crippen LogP contribution in [0.25, 0.3) is 11.0 Å². The summed E-state index contributed by atoms with van der Waals surface area (Å²) in [6.07, 6.45) is 0. The van der Waals surface area contributed by atoms with E-state index in [1.54, 1.807) is 12.1 Å². The zero-order valence-electron chi connectivity index (χ0n) is 15.7. The van der Waals surface area contributed by atoms with Gasteiger partial charge in [-0.15, -0.1) is 0 Å². The fourth-order valence-electron chi connectivity index (χ4n) is 3.38. The summed E-state index contributed by atoms with van der Waals surface area (Å²) >= 11 is 0. The average Bonchev–Trinajstić information content (AvgIpc) is 3.04. The van der Waals surface area contributed by atoms with Crippen molar-refractivity contribution in [3.8, 4) is 0 Å². The predicted molar refractivity (Wildman–Crippen MR) is 103 cm³/mol. The van der Waals surface area contributed by atoms with Crippen molar-refractivity contribution in [2.24, 2.45) is 0 Å². The molecule has 1 N–H and O–H groups in total. The molecule has 9 heteroatoms. The summed E-state index contributed by atoms with van der Waals surface area (Å²) in [5.74, 6) is 0.971. The Kier molecular flexibility index (Phi) is 6.69. The molecule has 1 aliphatic rings. The van der Waals surface area contributed by atoms with E-state index in [0.717, 1.165) is 55.1 Å². The predicted octanol–water partition coefficient (Wildman–Crippen LogP) is -0.369. The van der Waals surface area contributed by atoms with Crippen LogP contribution in [0, 0.1) is 0 Å². The smallest absolute Gasteiger partial charge is 0.731 e. The van der Waals surface area contributed by atoms with Crippen LogP contribution in [-0.4, -0.2) is 44.0 Å². The second-order valence-electron chi connectivity index (χ2n) is 6.62. The molecule has 0 atom stereocenters. The van der Waals surface area contributed by atoms with Gasteiger partial charge in [-0.1, -0.05) is 18.2 Å². The molecule has 7 nitrogen and oxygen atoms in total. The van der Waals surface area contributed by atoms with Gasteiger partial charge in [0.15, 0.2) is 10.3 Å². The van der Waals surface area contributed by atoms with Crippen molar-refractivity contribution in [1.82, 2.24) is 4.90 Å². The van der Waals surface area contributed by atoms with Gasteiger partial charge in [0, 0.05) is 42.9 Å². The Labute approximate surface area is 186 Å². The van der Waals surface area contributed by atoms with Crippen LogP contribution in [0.2, 0.25) is 0 Å². The minimum Gasteiger partial charge on any atom is -0.731 e. The Morgan fingerprint density at radius 2 is 1.68 bits per heavy atom. The van der Waals surface area contributed by atoms with Crippen LogP contribution in [0.5, 0.6) is 0 Å². The molecule has 0 spiro atoms. The zero-order chi connectivity index (χ0) is 18.9. The van der Waals surface area contributed by atoms with Gasteiger partial charge in [-0.05, 0) is 36.4 Å². The van der Waals surface area contributed by atoms with Gasteiger partial charge in [-0.2, -0.15) is 0 Å². The first-order valence-corrected chi connectivity index (χ1v) is 10.2. The standard InChI is InChI=1S/C19H21N3O4S.Na/c23-27(24,25)20-16-5-7-17(8-6-16)22-11-9-21(10-12-22)14-18-13-15-3-1-2-4-19(15)26-18;/h1-8,13,20H,9-12,14H2,(H,23,24,25);/q;+1/p-1. The molecule has 2 aromatic carbocycles. The molecule has 0 aliphatic carbocycles. The second kappa shape index (κ2) is 8.86. The number of para-hydroxylation sites is 1. The van der Waals surface area contributed by atoms with Crippen LogP contribution >= 0.6 is 0 Å². The van der Waals surface area contributed by atoms with Gasteiger partial charge in [0.25, 0.3) is 0 Å². The van der Waals surface area contributed by atoms with Crippen LogP contribution < -0.4 is 39.2 Å². The van der Waals surface area contributed by atoms with Gasteiger partial charge < -0.3 is 13.9 Å². The molecule has 1 saturated heterocycles. The zero-order valence-corrected chi connectivity index (χ0v) is 18.5. The fraction of sp³-hybridized carbons (Fsp3) is 0.263. The van der Waals surface area contributed by atoms with Gasteiger partial charge in [0.05, 0.1) is 6.54 Å². The van der Waals surface area contributed by atoms with E-state index < -0.39 is 10.3 Å². The number of benzene rings is 2. The Hall–Kier alpha value is -1.55. The van der Waals surface area contributed by atoms with E-state index in [9.17, 15) is 13.0 Å². The number of nitrogens with one attached hydrogen (secondary N) is 1. The SMILES string of the molecule is O=S(=O)([O-])Nc1ccc(N2CCN(Cc3cc4ccccc4o3)CC2)cc1.[Na+]. The largest absolute Gasteiger partial charge is 1.00 e. The number of rotatable bonds is 5. The minimum absolute atomic E-state index is 0. The van der Waals surface area contributed by atoms with E-state index in [2.05, 4.69) is 21.9 Å². The van der Waals surface area contributed by atoms with E-state index in [-0.39, 0.29) is 35.2 Å². The third kappa shape index (κ3) is 5.28. The number of piperazine rings is 1. The summed E-state index contributed by atoms with van der Waals surface area (Å²) in [6.45, 7) is 4.34. The van der Waals surface area contributed by atoms with Crippen LogP contribution in [0.15, 0.2) is 59.0 Å². The van der Waals surface area contributed by atoms with Crippen molar-refractivity contribution >= 4 is 32.6 Å². The molecule has 1 aliphatic heterocycles. The molecule has 2 heterocycles. The van der Waals surface area contributed by atoms with Crippen molar-refractivity contribution in [2.75, 3.05) is 35.8 Å². The minimum atomic E-state index is -4.49. The molecular weight excluding hydrogens is 389 g/mol. The van der Waals surface area contributed by atoms with Gasteiger partial charge in [-0.3, -0.25) is 9.62 Å². The Bertz CT molecular complexity index is 996. The van der Waals surface area contributed by atoms with E-state index >= 15 is 0 Å². The molecule has 4 rings (SSSR count). The molecule has 0 unspecified atom stereocenters. The number of fused-ring (bicyclic) bond motifs is 1. The van der Waals surface area contributed by atoms with Crippen molar-refractivity contribution in [3.05, 3.63) is 60.4 Å². The summed E-state index contributed by atoms with van der Waals surface area (Å²) in [6, 6.07) is 17.0. The molecule has 0 bridgehead atoms. The van der Waals surface area contributed by atoms with Crippen molar-refractivity contribution < 1.29 is 46.9 Å². The third-order valence-electron chi connectivity index (χ3n) is 4.70. The molecule has 3 aromatic rings. The molecule has 1 aromatic heterocycles. The number of furan rings is 1. The maximum atomic E-state index is 10.7. The van der Waals surface area contributed by atoms with Gasteiger partial charge in [0.1, 0.15) is 11.3 Å². The normalized spacial score (nSPS) is 15.4. The fourth-order valence-corrected chi connectivity index (χ4v) is 3.81. The quantitative estimate of drug-likeness (QED) is 0.457. The molecule has 0 saturated carbocycles. The molecule has 1 fully saturated rings. The maximum Gasteiger partial charge on any atom is 1.00 e. The van der Waals surface area contributed by atoms with Crippen LogP contribution in [0.1, 0.15) is 5.76 Å². The average molecular weight is 409 g/mol. The Balaban J connectivity index is 0.00000225. The van der Waals surface area contributed by atoms with E-state index in [4.69, 9.17) is 4.42 Å². The molecule has 142 valence electrons. The summed E-state index contributed by atoms with van der Waals surface area (Å²) in [5, 5.41) is 1.12. The van der Waals surface area contributed by atoms with Crippen molar-refractivity contribution in [3.63, 3.8) is 0 Å². The third-order valence-corrected chi connectivity index (χ3v) is 5.19. The number of hydrogen-bond donors (Lipinski definition) is 1. The number of nitrogens with zero attached hydrogens (tertiary/aromatic N) is 2. The summed E-state index contributed by atoms with van der Waals surface area (Å²) in [7, 11) is -4.49. The van der Waals surface area contributed by atoms with Crippen molar-refractivity contribution in [2.45, 2.75) is 6.54 Å². The first kappa shape index (κ1) is 21.2. The summed E-state index contributed by atoms with van der Waals surface area (Å²) in [4.78, 5) is 4.60. The molecular formula is C19H20N3NaO4S. The first-order chi connectivity index (χ1) is 13.0. The van der Waals surface area contributed by atoms with E-state index in [0.29, 0.717) is 0 Å². The maximum absolute atomic E-state index is 10.7. The molecule has 0 amide bonds. The van der Waals surface area contributed by atoms with Crippen molar-refractivity contribution in [1.29, 1.82) is 0 Å². The number of anilines is 2. The number of hydrogen-bond acceptors (Lipinski definition) is 6. The second-order valence-corrected chi connectivity index (χ2v) is 7.73. The topological polar surface area (TPSA) is 88.8 Å². The monoisotopic (exact) mass is 409 g/mol. The van der Waals surface area contributed by atoms with Crippen LogP contribution in [0.4, 0.5) is 11.4 Å². The van der Waals surface area contributed by atoms with E-state index in [1.807, 2.05) is 35.1 Å². The molecule has 0 radical (unpaired) electrons. The van der Waals surface area contributed by atoms with Crippen LogP contribution in [0.3, 0.4) is 0 Å². The Morgan fingerprint density at radius 3 is 2.32 bits per heavy atom. The summed E-state index contributed by atoms with van der Waals surface area (Å²) in [5.41, 5.74) is 2.20. The van der Waals surface area contributed by atoms with E-state index in [1.165, 1.54) is 0 Å². The first-order valence-electron chi connectivity index (χ1n) is 8.75. The molecule has 28 heavy (non-hydrogen) atoms. The van der Waals surface area contributed by atoms with Gasteiger partial charge >= 0.3 is 29.6 Å².